The minimum absolute atomic E-state index is 0.0184. The molecule has 1 rings (SSSR count). The number of aliphatic hydroxyl groups is 1. The normalized spacial score (nSPS) is 13.4. The van der Waals surface area contributed by atoms with E-state index in [0.717, 1.165) is 12.1 Å². The molecule has 0 aliphatic rings. The summed E-state index contributed by atoms with van der Waals surface area (Å²) in [5.41, 5.74) is 0.0184. The van der Waals surface area contributed by atoms with Gasteiger partial charge in [-0.15, -0.1) is 0 Å². The zero-order valence-corrected chi connectivity index (χ0v) is 12.8. The van der Waals surface area contributed by atoms with Crippen LogP contribution in [0.3, 0.4) is 0 Å². The second-order valence-corrected chi connectivity index (χ2v) is 6.30. The third-order valence-electron chi connectivity index (χ3n) is 2.57. The average molecular weight is 326 g/mol. The Labute approximate surface area is 122 Å². The van der Waals surface area contributed by atoms with Gasteiger partial charge in [0.2, 0.25) is 10.0 Å². The van der Waals surface area contributed by atoms with Gasteiger partial charge in [-0.2, -0.15) is 0 Å². The maximum absolute atomic E-state index is 13.5. The molecule has 114 valence electrons. The van der Waals surface area contributed by atoms with Crippen molar-refractivity contribution in [2.45, 2.75) is 31.5 Å². The van der Waals surface area contributed by atoms with Crippen molar-refractivity contribution in [3.05, 3.63) is 28.5 Å². The highest BCUT2D eigenvalue weighted by atomic mass is 35.5. The third kappa shape index (κ3) is 4.39. The van der Waals surface area contributed by atoms with E-state index in [9.17, 15) is 12.8 Å². The Morgan fingerprint density at radius 3 is 2.70 bits per heavy atom. The molecule has 8 heteroatoms. The number of benzene rings is 1. The molecular formula is C12H17ClFNO4S. The second-order valence-electron chi connectivity index (χ2n) is 4.15. The van der Waals surface area contributed by atoms with E-state index in [4.69, 9.17) is 21.4 Å². The van der Waals surface area contributed by atoms with Gasteiger partial charge in [0.25, 0.3) is 0 Å². The Balaban J connectivity index is 2.95. The largest absolute Gasteiger partial charge is 0.392 e. The van der Waals surface area contributed by atoms with Gasteiger partial charge in [-0.3, -0.25) is 0 Å². The zero-order chi connectivity index (χ0) is 15.3. The first kappa shape index (κ1) is 17.3. The average Bonchev–Trinajstić information content (AvgIpc) is 2.39. The van der Waals surface area contributed by atoms with E-state index in [2.05, 4.69) is 4.72 Å². The molecular weight excluding hydrogens is 309 g/mol. The first-order valence-electron chi connectivity index (χ1n) is 6.01. The fourth-order valence-corrected chi connectivity index (χ4v) is 2.89. The molecule has 0 saturated carbocycles. The van der Waals surface area contributed by atoms with E-state index in [1.807, 2.05) is 0 Å². The van der Waals surface area contributed by atoms with Crippen LogP contribution < -0.4 is 4.72 Å². The molecule has 0 heterocycles. The number of rotatable bonds is 7. The predicted molar refractivity (Wildman–Crippen MR) is 73.6 cm³/mol. The lowest BCUT2D eigenvalue weighted by Gasteiger charge is -2.14. The van der Waals surface area contributed by atoms with Gasteiger partial charge >= 0.3 is 0 Å². The summed E-state index contributed by atoms with van der Waals surface area (Å²) in [6.07, 6.45) is -0.302. The first-order valence-corrected chi connectivity index (χ1v) is 7.88. The number of hydrogen-bond acceptors (Lipinski definition) is 4. The zero-order valence-electron chi connectivity index (χ0n) is 11.2. The molecule has 1 aromatic rings. The summed E-state index contributed by atoms with van der Waals surface area (Å²) in [6.45, 7) is 3.50. The maximum atomic E-state index is 13.5. The van der Waals surface area contributed by atoms with Crippen molar-refractivity contribution < 1.29 is 22.7 Å². The van der Waals surface area contributed by atoms with E-state index >= 15 is 0 Å². The Morgan fingerprint density at radius 1 is 1.50 bits per heavy atom. The fourth-order valence-electron chi connectivity index (χ4n) is 1.54. The molecule has 0 amide bonds. The monoisotopic (exact) mass is 325 g/mol. The van der Waals surface area contributed by atoms with Crippen molar-refractivity contribution in [2.24, 2.45) is 0 Å². The second kappa shape index (κ2) is 7.33. The third-order valence-corrected chi connectivity index (χ3v) is 4.40. The van der Waals surface area contributed by atoms with Gasteiger partial charge in [0, 0.05) is 18.7 Å². The van der Waals surface area contributed by atoms with Gasteiger partial charge in [-0.25, -0.2) is 17.5 Å². The molecule has 0 radical (unpaired) electrons. The van der Waals surface area contributed by atoms with Crippen molar-refractivity contribution in [3.8, 4) is 0 Å². The highest BCUT2D eigenvalue weighted by Gasteiger charge is 2.19. The summed E-state index contributed by atoms with van der Waals surface area (Å²) in [4.78, 5) is -0.285. The summed E-state index contributed by atoms with van der Waals surface area (Å²) in [7, 11) is -3.89. The lowest BCUT2D eigenvalue weighted by atomic mass is 10.2. The standard InChI is InChI=1S/C12H17ClFNO4S/c1-3-19-8(2)6-15-20(17,18)10-4-9(7-16)12(13)11(14)5-10/h4-5,8,15-16H,3,6-7H2,1-2H3. The molecule has 1 unspecified atom stereocenters. The molecule has 0 bridgehead atoms. The Bertz CT molecular complexity index is 565. The summed E-state index contributed by atoms with van der Waals surface area (Å²) in [5, 5.41) is 8.75. The van der Waals surface area contributed by atoms with E-state index in [1.54, 1.807) is 13.8 Å². The number of sulfonamides is 1. The van der Waals surface area contributed by atoms with E-state index < -0.39 is 22.4 Å². The van der Waals surface area contributed by atoms with Crippen LogP contribution in [-0.4, -0.2) is 32.8 Å². The summed E-state index contributed by atoms with van der Waals surface area (Å²) < 4.78 is 45.1. The van der Waals surface area contributed by atoms with Crippen LogP contribution in [0, 0.1) is 5.82 Å². The molecule has 1 atom stereocenters. The first-order chi connectivity index (χ1) is 9.31. The molecule has 1 aromatic carbocycles. The predicted octanol–water partition coefficient (Wildman–Crippen LogP) is 1.67. The van der Waals surface area contributed by atoms with Gasteiger partial charge in [0.15, 0.2) is 0 Å². The molecule has 20 heavy (non-hydrogen) atoms. The SMILES string of the molecule is CCOC(C)CNS(=O)(=O)c1cc(F)c(Cl)c(CO)c1. The van der Waals surface area contributed by atoms with Crippen LogP contribution in [-0.2, 0) is 21.4 Å². The molecule has 5 nitrogen and oxygen atoms in total. The molecule has 0 aromatic heterocycles. The van der Waals surface area contributed by atoms with Crippen molar-refractivity contribution in [1.29, 1.82) is 0 Å². The number of aliphatic hydroxyl groups excluding tert-OH is 1. The maximum Gasteiger partial charge on any atom is 0.240 e. The number of halogens is 2. The highest BCUT2D eigenvalue weighted by molar-refractivity contribution is 7.89. The van der Waals surface area contributed by atoms with Crippen LogP contribution in [0.1, 0.15) is 19.4 Å². The van der Waals surface area contributed by atoms with Crippen molar-refractivity contribution in [1.82, 2.24) is 4.72 Å². The van der Waals surface area contributed by atoms with E-state index in [-0.39, 0.29) is 28.1 Å². The van der Waals surface area contributed by atoms with Crippen LogP contribution in [0.5, 0.6) is 0 Å². The topological polar surface area (TPSA) is 75.6 Å². The number of ether oxygens (including phenoxy) is 1. The molecule has 2 N–H and O–H groups in total. The molecule has 0 saturated heterocycles. The van der Waals surface area contributed by atoms with Crippen LogP contribution in [0.2, 0.25) is 5.02 Å². The van der Waals surface area contributed by atoms with Gasteiger partial charge in [0.05, 0.1) is 22.6 Å². The number of nitrogens with one attached hydrogen (secondary N) is 1. The van der Waals surface area contributed by atoms with Crippen LogP contribution in [0.15, 0.2) is 17.0 Å². The smallest absolute Gasteiger partial charge is 0.240 e. The van der Waals surface area contributed by atoms with Crippen LogP contribution in [0.25, 0.3) is 0 Å². The van der Waals surface area contributed by atoms with Gasteiger partial charge in [-0.05, 0) is 26.0 Å². The molecule has 0 fully saturated rings. The quantitative estimate of drug-likeness (QED) is 0.799. The molecule has 0 aliphatic carbocycles. The van der Waals surface area contributed by atoms with E-state index in [1.165, 1.54) is 0 Å². The van der Waals surface area contributed by atoms with E-state index in [0.29, 0.717) is 6.61 Å². The van der Waals surface area contributed by atoms with Crippen molar-refractivity contribution in [2.75, 3.05) is 13.2 Å². The summed E-state index contributed by atoms with van der Waals surface area (Å²) in [6, 6.07) is 1.95. The van der Waals surface area contributed by atoms with Gasteiger partial charge in [0.1, 0.15) is 5.82 Å². The lowest BCUT2D eigenvalue weighted by molar-refractivity contribution is 0.0799. The Kier molecular flexibility index (Phi) is 6.35. The summed E-state index contributed by atoms with van der Waals surface area (Å²) in [5.74, 6) is -0.892. The molecule has 0 aliphatic heterocycles. The van der Waals surface area contributed by atoms with Crippen LogP contribution >= 0.6 is 11.6 Å². The van der Waals surface area contributed by atoms with Gasteiger partial charge in [-0.1, -0.05) is 11.6 Å². The Morgan fingerprint density at radius 2 is 2.15 bits per heavy atom. The minimum Gasteiger partial charge on any atom is -0.392 e. The summed E-state index contributed by atoms with van der Waals surface area (Å²) >= 11 is 5.61. The highest BCUT2D eigenvalue weighted by Crippen LogP contribution is 2.24. The number of hydrogen-bond donors (Lipinski definition) is 2. The molecule has 0 spiro atoms. The fraction of sp³-hybridized carbons (Fsp3) is 0.500. The van der Waals surface area contributed by atoms with Crippen molar-refractivity contribution >= 4 is 21.6 Å². The van der Waals surface area contributed by atoms with Crippen LogP contribution in [0.4, 0.5) is 4.39 Å². The minimum atomic E-state index is -3.89. The Hall–Kier alpha value is -0.730. The lowest BCUT2D eigenvalue weighted by Crippen LogP contribution is -2.32. The van der Waals surface area contributed by atoms with Crippen molar-refractivity contribution in [3.63, 3.8) is 0 Å². The van der Waals surface area contributed by atoms with Gasteiger partial charge < -0.3 is 9.84 Å².